The summed E-state index contributed by atoms with van der Waals surface area (Å²) in [4.78, 5) is 45.8. The summed E-state index contributed by atoms with van der Waals surface area (Å²) >= 11 is 0. The van der Waals surface area contributed by atoms with E-state index in [2.05, 4.69) is 265 Å². The molecule has 14 nitrogen and oxygen atoms in total. The lowest BCUT2D eigenvalue weighted by Crippen LogP contribution is -1.97. The average molecular weight is 1800 g/mol. The van der Waals surface area contributed by atoms with Crippen LogP contribution in [0.4, 0.5) is 0 Å². The van der Waals surface area contributed by atoms with Crippen LogP contribution in [0.5, 0.6) is 0 Å². The first kappa shape index (κ1) is 80.2. The van der Waals surface area contributed by atoms with E-state index in [0.29, 0.717) is 23.5 Å². The van der Waals surface area contributed by atoms with E-state index in [0.717, 1.165) is 243 Å². The second kappa shape index (κ2) is 32.8. The normalized spacial score (nSPS) is 11.8. The molecule has 0 fully saturated rings. The number of hydrogen-bond acceptors (Lipinski definition) is 13. The Bertz CT molecular complexity index is 10400. The van der Waals surface area contributed by atoms with Crippen molar-refractivity contribution in [1.29, 1.82) is 0 Å². The van der Waals surface area contributed by atoms with Crippen LogP contribution in [0.2, 0.25) is 0 Å². The zero-order valence-electron chi connectivity index (χ0n) is 75.3. The lowest BCUT2D eigenvalue weighted by atomic mass is 9.96. The Morgan fingerprint density at radius 1 is 0.163 bits per heavy atom. The summed E-state index contributed by atoms with van der Waals surface area (Å²) in [5, 5.41) is 21.0. The molecule has 0 N–H and O–H groups in total. The van der Waals surface area contributed by atoms with Crippen LogP contribution in [0.15, 0.2) is 467 Å². The zero-order chi connectivity index (χ0) is 92.7. The molecular formula is C127H74N10O4. The number of hydrogen-bond donors (Lipinski definition) is 0. The maximum absolute atomic E-state index is 6.54. The van der Waals surface area contributed by atoms with Crippen LogP contribution in [0.1, 0.15) is 0 Å². The highest BCUT2D eigenvalue weighted by atomic mass is 16.4. The molecule has 8 heterocycles. The topological polar surface area (TPSA) is 174 Å². The molecular weight excluding hydrogens is 1730 g/mol. The number of para-hydroxylation sites is 8. The van der Waals surface area contributed by atoms with Gasteiger partial charge in [-0.2, -0.15) is 0 Å². The molecule has 0 saturated carbocycles. The SMILES string of the molecule is c1ccc(-c2nc3ccc4ccc5ccc(-c6nc(-c7ccc8ccccc8c7)c7ccccc7n6)cc5c4c3o2)cc1.c1ccc(-c2nc3ccc4ccc5ccc(-c6nc7ccccc7nc6-c6ccc7c(c6)oc6ccccc67)cc5c4c3o2)cc1.c1ccc(-c2nc3ccc4ccc5ccc(-c6nc7ccccc7nc6-c6ccc7c8ccccc8n(-c8ccccc8)c7c6)cc5c4c3o2)cc1. The van der Waals surface area contributed by atoms with Crippen molar-refractivity contribution in [3.63, 3.8) is 0 Å². The van der Waals surface area contributed by atoms with Gasteiger partial charge in [0.1, 0.15) is 27.7 Å². The zero-order valence-corrected chi connectivity index (χ0v) is 75.3. The van der Waals surface area contributed by atoms with Crippen molar-refractivity contribution in [3.05, 3.63) is 449 Å². The molecule has 8 aromatic heterocycles. The van der Waals surface area contributed by atoms with Crippen LogP contribution >= 0.6 is 0 Å². The molecule has 656 valence electrons. The molecule has 0 saturated heterocycles. The Morgan fingerprint density at radius 2 is 0.511 bits per heavy atom. The van der Waals surface area contributed by atoms with Gasteiger partial charge in [-0.3, -0.25) is 0 Å². The molecule has 0 aliphatic heterocycles. The standard InChI is InChI=1S/C47H28N4O.C41H23N3O2.C39H23N3O/c1-3-11-31(12-4-1)47-50-40-26-24-30-21-19-29-20-22-32(27-37(29)43(30)46(40)52-47)44-45(49-39-17-9-8-16-38(39)48-44)33-23-25-36-35-15-7-10-18-41(35)51(42(36)28-33)34-13-5-2-6-14-34;1-2-8-26(9-3-1)41-44-34-21-19-25-16-14-24-15-17-27(22-31(24)37(25)40(34)46-41)38-39(43-33-12-6-5-11-32(33)42-38)28-18-20-30-29-10-4-7-13-35(29)45-36(30)23-28;1-2-9-27(10-3-1)39-41-34-21-20-26-17-15-25-16-19-30(23-32(25)35(26)37(34)43-39)38-40-33-13-7-6-12-31(33)36(42-38)29-18-14-24-8-4-5-11-28(24)22-29/h1-28H;1-23H;1-23H. The third kappa shape index (κ3) is 13.8. The monoisotopic (exact) mass is 1800 g/mol. The number of aromatic nitrogens is 10. The van der Waals surface area contributed by atoms with Crippen molar-refractivity contribution in [2.24, 2.45) is 0 Å². The highest BCUT2D eigenvalue weighted by Crippen LogP contribution is 2.46. The fraction of sp³-hybridized carbons (Fsp3) is 0. The molecule has 0 bridgehead atoms. The van der Waals surface area contributed by atoms with Crippen molar-refractivity contribution < 1.29 is 17.7 Å². The largest absolute Gasteiger partial charge is 0.456 e. The highest BCUT2D eigenvalue weighted by molar-refractivity contribution is 6.22. The molecule has 0 spiro atoms. The van der Waals surface area contributed by atoms with Gasteiger partial charge in [-0.05, 0) is 211 Å². The number of oxazole rings is 3. The van der Waals surface area contributed by atoms with Crippen LogP contribution in [0.3, 0.4) is 0 Å². The second-order valence-corrected chi connectivity index (χ2v) is 35.7. The van der Waals surface area contributed by atoms with Gasteiger partial charge in [0.25, 0.3) is 0 Å². The summed E-state index contributed by atoms with van der Waals surface area (Å²) in [6.07, 6.45) is 0. The minimum absolute atomic E-state index is 0.611. The minimum atomic E-state index is 0.611. The molecule has 0 atom stereocenters. The van der Waals surface area contributed by atoms with E-state index in [1.54, 1.807) is 0 Å². The van der Waals surface area contributed by atoms with Crippen LogP contribution in [0.25, 0.3) is 293 Å². The highest BCUT2D eigenvalue weighted by Gasteiger charge is 2.25. The molecule has 141 heavy (non-hydrogen) atoms. The molecule has 30 aromatic rings. The summed E-state index contributed by atoms with van der Waals surface area (Å²) in [6, 6.07) is 155. The smallest absolute Gasteiger partial charge is 0.227 e. The van der Waals surface area contributed by atoms with E-state index in [1.165, 1.54) is 27.1 Å². The van der Waals surface area contributed by atoms with Gasteiger partial charge < -0.3 is 22.2 Å². The summed E-state index contributed by atoms with van der Waals surface area (Å²) in [5.41, 5.74) is 27.2. The van der Waals surface area contributed by atoms with E-state index in [4.69, 9.17) is 62.5 Å². The molecule has 0 amide bonds. The average Bonchev–Trinajstić information content (AvgIpc) is 1.52. The van der Waals surface area contributed by atoms with E-state index in [-0.39, 0.29) is 0 Å². The van der Waals surface area contributed by atoms with Gasteiger partial charge >= 0.3 is 0 Å². The maximum atomic E-state index is 6.54. The summed E-state index contributed by atoms with van der Waals surface area (Å²) in [7, 11) is 0. The Hall–Kier alpha value is -19.3. The van der Waals surface area contributed by atoms with Gasteiger partial charge in [0.05, 0.1) is 67.1 Å². The van der Waals surface area contributed by atoms with E-state index < -0.39 is 0 Å². The third-order valence-corrected chi connectivity index (χ3v) is 27.3. The first-order valence-electron chi connectivity index (χ1n) is 47.1. The van der Waals surface area contributed by atoms with Crippen molar-refractivity contribution >= 4 is 185 Å². The van der Waals surface area contributed by atoms with Gasteiger partial charge in [-0.15, -0.1) is 0 Å². The first-order chi connectivity index (χ1) is 69.8. The maximum Gasteiger partial charge on any atom is 0.227 e. The lowest BCUT2D eigenvalue weighted by Gasteiger charge is -2.13. The predicted molar refractivity (Wildman–Crippen MR) is 574 cm³/mol. The van der Waals surface area contributed by atoms with E-state index >= 15 is 0 Å². The van der Waals surface area contributed by atoms with Gasteiger partial charge in [0, 0.05) is 98.8 Å². The van der Waals surface area contributed by atoms with Crippen molar-refractivity contribution in [2.75, 3.05) is 0 Å². The molecule has 0 aliphatic carbocycles. The van der Waals surface area contributed by atoms with Crippen LogP contribution in [-0.2, 0) is 0 Å². The van der Waals surface area contributed by atoms with Crippen molar-refractivity contribution in [3.8, 4) is 108 Å². The van der Waals surface area contributed by atoms with Gasteiger partial charge in [0.15, 0.2) is 22.6 Å². The van der Waals surface area contributed by atoms with Crippen molar-refractivity contribution in [2.45, 2.75) is 0 Å². The van der Waals surface area contributed by atoms with Crippen molar-refractivity contribution in [1.82, 2.24) is 49.4 Å². The van der Waals surface area contributed by atoms with E-state index in [1.807, 2.05) is 188 Å². The van der Waals surface area contributed by atoms with Gasteiger partial charge in [-0.1, -0.05) is 297 Å². The minimum Gasteiger partial charge on any atom is -0.456 e. The third-order valence-electron chi connectivity index (χ3n) is 27.3. The van der Waals surface area contributed by atoms with Gasteiger partial charge in [-0.25, -0.2) is 44.9 Å². The molecule has 14 heteroatoms. The Labute approximate surface area is 803 Å². The summed E-state index contributed by atoms with van der Waals surface area (Å²) < 4.78 is 28.1. The number of rotatable bonds is 10. The second-order valence-electron chi connectivity index (χ2n) is 35.7. The molecule has 0 unspecified atom stereocenters. The molecule has 30 rings (SSSR count). The number of nitrogens with zero attached hydrogens (tertiary/aromatic N) is 10. The molecule has 0 aliphatic rings. The quantitative estimate of drug-likeness (QED) is 0.118. The number of fused-ring (bicyclic) bond motifs is 25. The predicted octanol–water partition coefficient (Wildman–Crippen LogP) is 33.4. The molecule has 0 radical (unpaired) electrons. The van der Waals surface area contributed by atoms with Crippen LogP contribution in [-0.4, -0.2) is 49.4 Å². The first-order valence-corrected chi connectivity index (χ1v) is 47.1. The van der Waals surface area contributed by atoms with E-state index in [9.17, 15) is 0 Å². The fourth-order valence-electron chi connectivity index (χ4n) is 20.5. The number of benzene rings is 22. The Morgan fingerprint density at radius 3 is 1.02 bits per heavy atom. The molecule has 22 aromatic carbocycles. The lowest BCUT2D eigenvalue weighted by molar-refractivity contribution is 0.623. The Balaban J connectivity index is 0.000000104. The summed E-state index contributed by atoms with van der Waals surface area (Å²) in [6.45, 7) is 0. The van der Waals surface area contributed by atoms with Crippen LogP contribution in [0, 0.1) is 0 Å². The van der Waals surface area contributed by atoms with Crippen LogP contribution < -0.4 is 0 Å². The summed E-state index contributed by atoms with van der Waals surface area (Å²) in [5.74, 6) is 2.53. The van der Waals surface area contributed by atoms with Gasteiger partial charge in [0.2, 0.25) is 17.7 Å². The number of furan rings is 1. The fourth-order valence-corrected chi connectivity index (χ4v) is 20.5. The Kier molecular flexibility index (Phi) is 18.6.